The molecule has 0 spiro atoms. The van der Waals surface area contributed by atoms with Crippen LogP contribution in [-0.4, -0.2) is 26.1 Å². The zero-order chi connectivity index (χ0) is 14.5. The molecule has 0 saturated heterocycles. The molecule has 1 amide bonds. The van der Waals surface area contributed by atoms with Crippen LogP contribution < -0.4 is 15.8 Å². The summed E-state index contributed by atoms with van der Waals surface area (Å²) in [6, 6.07) is 5.84. The van der Waals surface area contributed by atoms with Gasteiger partial charge in [-0.3, -0.25) is 4.79 Å². The van der Waals surface area contributed by atoms with Gasteiger partial charge in [0.1, 0.15) is 5.75 Å². The van der Waals surface area contributed by atoms with Crippen molar-refractivity contribution in [1.29, 1.82) is 0 Å². The highest BCUT2D eigenvalue weighted by atomic mass is 79.9. The Morgan fingerprint density at radius 3 is 2.74 bits per heavy atom. The smallest absolute Gasteiger partial charge is 0.226 e. The van der Waals surface area contributed by atoms with Crippen LogP contribution in [0, 0.1) is 5.41 Å². The van der Waals surface area contributed by atoms with Crippen molar-refractivity contribution in [2.75, 3.05) is 20.2 Å². The Bertz CT molecular complexity index is 447. The summed E-state index contributed by atoms with van der Waals surface area (Å²) in [6.07, 6.45) is 0.717. The van der Waals surface area contributed by atoms with Crippen LogP contribution >= 0.6 is 15.9 Å². The normalized spacial score (nSPS) is 11.2. The topological polar surface area (TPSA) is 64.3 Å². The summed E-state index contributed by atoms with van der Waals surface area (Å²) in [5.41, 5.74) is 6.10. The summed E-state index contributed by atoms with van der Waals surface area (Å²) < 4.78 is 6.29. The number of nitrogens with two attached hydrogens (primary N) is 1. The number of nitrogens with one attached hydrogen (secondary N) is 1. The second-order valence-corrected chi connectivity index (χ2v) is 5.97. The first-order valence-corrected chi connectivity index (χ1v) is 7.01. The van der Waals surface area contributed by atoms with Gasteiger partial charge in [-0.05, 0) is 44.0 Å². The van der Waals surface area contributed by atoms with Crippen LogP contribution in [0.3, 0.4) is 0 Å². The second-order valence-electron chi connectivity index (χ2n) is 5.05. The predicted octanol–water partition coefficient (Wildman–Crippen LogP) is 2.10. The molecule has 0 radical (unpaired) electrons. The minimum Gasteiger partial charge on any atom is -0.496 e. The first kappa shape index (κ1) is 16.0. The number of benzene rings is 1. The lowest BCUT2D eigenvalue weighted by molar-refractivity contribution is -0.128. The van der Waals surface area contributed by atoms with Gasteiger partial charge in [0, 0.05) is 17.6 Å². The minimum absolute atomic E-state index is 0.0241. The molecule has 1 rings (SSSR count). The zero-order valence-corrected chi connectivity index (χ0v) is 13.2. The number of carbonyl (C=O) groups excluding carboxylic acids is 1. The molecule has 1 aromatic rings. The summed E-state index contributed by atoms with van der Waals surface area (Å²) in [6.45, 7) is 4.57. The Balaban J connectivity index is 2.58. The quantitative estimate of drug-likeness (QED) is 0.840. The molecule has 0 aliphatic carbocycles. The van der Waals surface area contributed by atoms with Gasteiger partial charge in [0.2, 0.25) is 5.91 Å². The van der Waals surface area contributed by atoms with Crippen molar-refractivity contribution in [3.05, 3.63) is 28.2 Å². The van der Waals surface area contributed by atoms with E-state index >= 15 is 0 Å². The van der Waals surface area contributed by atoms with Gasteiger partial charge in [-0.15, -0.1) is 0 Å². The number of halogens is 1. The summed E-state index contributed by atoms with van der Waals surface area (Å²) in [4.78, 5) is 11.9. The molecule has 0 aliphatic heterocycles. The Kier molecular flexibility index (Phi) is 5.82. The fraction of sp³-hybridized carbons (Fsp3) is 0.500. The molecule has 0 bridgehead atoms. The number of methoxy groups -OCH3 is 1. The molecule has 19 heavy (non-hydrogen) atoms. The average molecular weight is 329 g/mol. The maximum atomic E-state index is 11.9. The van der Waals surface area contributed by atoms with Gasteiger partial charge < -0.3 is 15.8 Å². The van der Waals surface area contributed by atoms with E-state index in [4.69, 9.17) is 10.5 Å². The molecule has 4 nitrogen and oxygen atoms in total. The average Bonchev–Trinajstić information content (AvgIpc) is 2.38. The van der Waals surface area contributed by atoms with Crippen LogP contribution in [0.5, 0.6) is 5.75 Å². The number of amides is 1. The van der Waals surface area contributed by atoms with Crippen molar-refractivity contribution < 1.29 is 9.53 Å². The Morgan fingerprint density at radius 2 is 2.16 bits per heavy atom. The van der Waals surface area contributed by atoms with Crippen LogP contribution in [0.1, 0.15) is 19.4 Å². The number of hydrogen-bond acceptors (Lipinski definition) is 3. The van der Waals surface area contributed by atoms with Gasteiger partial charge in [-0.25, -0.2) is 0 Å². The SMILES string of the molecule is COc1ccc(Br)cc1CCNC(=O)C(C)(C)CN. The highest BCUT2D eigenvalue weighted by Gasteiger charge is 2.25. The fourth-order valence-electron chi connectivity index (χ4n) is 1.59. The van der Waals surface area contributed by atoms with E-state index in [1.54, 1.807) is 7.11 Å². The van der Waals surface area contributed by atoms with Crippen molar-refractivity contribution in [1.82, 2.24) is 5.32 Å². The fourth-order valence-corrected chi connectivity index (χ4v) is 1.99. The number of rotatable bonds is 6. The maximum Gasteiger partial charge on any atom is 0.226 e. The summed E-state index contributed by atoms with van der Waals surface area (Å²) in [5.74, 6) is 0.805. The van der Waals surface area contributed by atoms with Gasteiger partial charge in [-0.1, -0.05) is 15.9 Å². The first-order chi connectivity index (χ1) is 8.90. The van der Waals surface area contributed by atoms with E-state index < -0.39 is 5.41 Å². The van der Waals surface area contributed by atoms with Crippen LogP contribution in [0.4, 0.5) is 0 Å². The lowest BCUT2D eigenvalue weighted by Crippen LogP contribution is -2.42. The molecular formula is C14H21BrN2O2. The molecule has 0 fully saturated rings. The Hall–Kier alpha value is -1.07. The van der Waals surface area contributed by atoms with Gasteiger partial charge in [0.25, 0.3) is 0 Å². The number of carbonyl (C=O) groups is 1. The van der Waals surface area contributed by atoms with Crippen LogP contribution in [0.15, 0.2) is 22.7 Å². The van der Waals surface area contributed by atoms with E-state index in [-0.39, 0.29) is 5.91 Å². The van der Waals surface area contributed by atoms with E-state index in [2.05, 4.69) is 21.2 Å². The van der Waals surface area contributed by atoms with E-state index in [1.807, 2.05) is 32.0 Å². The van der Waals surface area contributed by atoms with Gasteiger partial charge in [-0.2, -0.15) is 0 Å². The van der Waals surface area contributed by atoms with E-state index in [0.29, 0.717) is 13.1 Å². The monoisotopic (exact) mass is 328 g/mol. The minimum atomic E-state index is -0.526. The van der Waals surface area contributed by atoms with Crippen molar-refractivity contribution >= 4 is 21.8 Å². The third-order valence-corrected chi connectivity index (χ3v) is 3.54. The Labute approximate surface area is 122 Å². The molecule has 1 aromatic carbocycles. The molecule has 0 unspecified atom stereocenters. The van der Waals surface area contributed by atoms with Crippen molar-refractivity contribution in [3.63, 3.8) is 0 Å². The molecule has 0 saturated carbocycles. The molecular weight excluding hydrogens is 308 g/mol. The first-order valence-electron chi connectivity index (χ1n) is 6.21. The highest BCUT2D eigenvalue weighted by molar-refractivity contribution is 9.10. The van der Waals surface area contributed by atoms with E-state index in [0.717, 1.165) is 22.2 Å². The van der Waals surface area contributed by atoms with Gasteiger partial charge >= 0.3 is 0 Å². The predicted molar refractivity (Wildman–Crippen MR) is 80.2 cm³/mol. The number of ether oxygens (including phenoxy) is 1. The second kappa shape index (κ2) is 6.91. The standard InChI is InChI=1S/C14H21BrN2O2/c1-14(2,9-16)13(18)17-7-6-10-8-11(15)4-5-12(10)19-3/h4-5,8H,6-7,9,16H2,1-3H3,(H,17,18). The van der Waals surface area contributed by atoms with Crippen LogP contribution in [0.2, 0.25) is 0 Å². The molecule has 5 heteroatoms. The van der Waals surface area contributed by atoms with E-state index in [9.17, 15) is 4.79 Å². The zero-order valence-electron chi connectivity index (χ0n) is 11.6. The highest BCUT2D eigenvalue weighted by Crippen LogP contribution is 2.23. The van der Waals surface area contributed by atoms with Crippen molar-refractivity contribution in [2.45, 2.75) is 20.3 Å². The summed E-state index contributed by atoms with van der Waals surface area (Å²) >= 11 is 3.43. The summed E-state index contributed by atoms with van der Waals surface area (Å²) in [5, 5.41) is 2.90. The third-order valence-electron chi connectivity index (χ3n) is 3.05. The van der Waals surface area contributed by atoms with Crippen molar-refractivity contribution in [2.24, 2.45) is 11.1 Å². The van der Waals surface area contributed by atoms with Gasteiger partial charge in [0.05, 0.1) is 12.5 Å². The van der Waals surface area contributed by atoms with E-state index in [1.165, 1.54) is 0 Å². The third kappa shape index (κ3) is 4.51. The molecule has 0 heterocycles. The van der Waals surface area contributed by atoms with Crippen LogP contribution in [-0.2, 0) is 11.2 Å². The molecule has 0 aromatic heterocycles. The molecule has 106 valence electrons. The van der Waals surface area contributed by atoms with Crippen molar-refractivity contribution in [3.8, 4) is 5.75 Å². The summed E-state index contributed by atoms with van der Waals surface area (Å²) in [7, 11) is 1.64. The van der Waals surface area contributed by atoms with Crippen LogP contribution in [0.25, 0.3) is 0 Å². The molecule has 0 atom stereocenters. The largest absolute Gasteiger partial charge is 0.496 e. The van der Waals surface area contributed by atoms with Gasteiger partial charge in [0.15, 0.2) is 0 Å². The lowest BCUT2D eigenvalue weighted by Gasteiger charge is -2.21. The lowest BCUT2D eigenvalue weighted by atomic mass is 9.92. The maximum absolute atomic E-state index is 11.9. The molecule has 3 N–H and O–H groups in total. The number of hydrogen-bond donors (Lipinski definition) is 2. The Morgan fingerprint density at radius 1 is 1.47 bits per heavy atom. The molecule has 0 aliphatic rings.